The van der Waals surface area contributed by atoms with Crippen LogP contribution in [0.3, 0.4) is 0 Å². The van der Waals surface area contributed by atoms with Crippen molar-refractivity contribution in [2.24, 2.45) is 0 Å². The number of rotatable bonds is 4. The van der Waals surface area contributed by atoms with Gasteiger partial charge in [0.15, 0.2) is 0 Å². The normalized spacial score (nSPS) is 13.1. The molecule has 4 rings (SSSR count). The fraction of sp³-hybridized carbons (Fsp3) is 0.444. The van der Waals surface area contributed by atoms with Crippen LogP contribution in [0.5, 0.6) is 0 Å². The first-order chi connectivity index (χ1) is 15.7. The molecule has 6 nitrogen and oxygen atoms in total. The minimum atomic E-state index is -1.90. The molecule has 4 aromatic rings. The SMILES string of the molecule is CC(C)(C)c1ccn([B-](c2ccccc2)(n2ccc(C(C)(C)C)n2)n2ccc(C(C)(C)C)n2)n1.[Tl+]. The third kappa shape index (κ3) is 5.06. The second kappa shape index (κ2) is 9.37. The molecular weight excluding hydrogens is 624 g/mol. The van der Waals surface area contributed by atoms with E-state index in [0.29, 0.717) is 0 Å². The van der Waals surface area contributed by atoms with E-state index in [0.717, 1.165) is 22.5 Å². The van der Waals surface area contributed by atoms with Crippen molar-refractivity contribution in [3.8, 4) is 0 Å². The molecule has 0 saturated carbocycles. The van der Waals surface area contributed by atoms with Crippen LogP contribution in [0.4, 0.5) is 0 Å². The van der Waals surface area contributed by atoms with Gasteiger partial charge in [0.05, 0.1) is 17.1 Å². The molecule has 0 N–H and O–H groups in total. The van der Waals surface area contributed by atoms with Gasteiger partial charge in [-0.05, 0) is 36.8 Å². The topological polar surface area (TPSA) is 53.5 Å². The van der Waals surface area contributed by atoms with E-state index in [-0.39, 0.29) is 43.5 Å². The van der Waals surface area contributed by atoms with Gasteiger partial charge in [-0.15, -0.1) is 5.46 Å². The quantitative estimate of drug-likeness (QED) is 0.301. The fourth-order valence-electron chi connectivity index (χ4n) is 4.35. The van der Waals surface area contributed by atoms with Crippen molar-refractivity contribution in [3.05, 3.63) is 84.2 Å². The van der Waals surface area contributed by atoms with Crippen LogP contribution in [0.1, 0.15) is 79.4 Å². The number of benzene rings is 1. The fourth-order valence-corrected chi connectivity index (χ4v) is 4.35. The van der Waals surface area contributed by atoms with Gasteiger partial charge in [-0.1, -0.05) is 92.6 Å². The van der Waals surface area contributed by atoms with Crippen molar-refractivity contribution in [1.29, 1.82) is 0 Å². The summed E-state index contributed by atoms with van der Waals surface area (Å²) in [6.45, 7) is 17.8. The molecule has 3 aromatic heterocycles. The molecule has 0 radical (unpaired) electrons. The van der Waals surface area contributed by atoms with E-state index in [1.807, 2.05) is 6.07 Å². The summed E-state index contributed by atoms with van der Waals surface area (Å²) in [6, 6.07) is 16.8. The largest absolute Gasteiger partial charge is 1.00 e. The smallest absolute Gasteiger partial charge is 0.396 e. The summed E-state index contributed by atoms with van der Waals surface area (Å²) in [7, 11) is 0. The molecule has 0 aliphatic rings. The first kappa shape index (κ1) is 27.4. The van der Waals surface area contributed by atoms with E-state index in [1.165, 1.54) is 0 Å². The van der Waals surface area contributed by atoms with Crippen molar-refractivity contribution in [3.63, 3.8) is 0 Å². The summed E-state index contributed by atoms with van der Waals surface area (Å²) in [5.41, 5.74) is 3.93. The maximum absolute atomic E-state index is 5.15. The van der Waals surface area contributed by atoms with Crippen molar-refractivity contribution in [2.45, 2.75) is 78.6 Å². The van der Waals surface area contributed by atoms with Crippen LogP contribution in [0.25, 0.3) is 0 Å². The molecule has 0 amide bonds. The Balaban J connectivity index is 0.00000342. The number of hydrogen-bond donors (Lipinski definition) is 0. The molecule has 35 heavy (non-hydrogen) atoms. The summed E-state index contributed by atoms with van der Waals surface area (Å²) in [4.78, 5) is 0. The van der Waals surface area contributed by atoms with Gasteiger partial charge in [-0.2, -0.15) is 0 Å². The maximum atomic E-state index is 5.15. The predicted octanol–water partition coefficient (Wildman–Crippen LogP) is 4.58. The molecule has 0 fully saturated rings. The van der Waals surface area contributed by atoms with Crippen LogP contribution in [0.2, 0.25) is 0 Å². The van der Waals surface area contributed by atoms with Gasteiger partial charge >= 0.3 is 33.8 Å². The van der Waals surface area contributed by atoms with Crippen LogP contribution in [0, 0.1) is 0 Å². The number of aromatic nitrogens is 6. The Morgan fingerprint density at radius 1 is 0.514 bits per heavy atom. The van der Waals surface area contributed by atoms with Crippen LogP contribution < -0.4 is 5.46 Å². The molecule has 3 heterocycles. The van der Waals surface area contributed by atoms with Gasteiger partial charge in [0, 0.05) is 16.2 Å². The molecule has 0 bridgehead atoms. The molecule has 0 unspecified atom stereocenters. The van der Waals surface area contributed by atoms with E-state index < -0.39 is 6.55 Å². The molecule has 0 aliphatic heterocycles. The zero-order chi connectivity index (χ0) is 24.9. The van der Waals surface area contributed by atoms with Gasteiger partial charge < -0.3 is 13.8 Å². The molecule has 0 aliphatic carbocycles. The van der Waals surface area contributed by atoms with E-state index in [9.17, 15) is 0 Å². The third-order valence-electron chi connectivity index (χ3n) is 6.48. The standard InChI is InChI=1S/C27H38BN6.Tl/c1-25(2,3)22-15-18-32(29-22)28(21-13-11-10-12-14-21,33-19-16-23(30-33)26(4,5)6)34-20-17-24(31-34)27(7,8)9;/h10-20H,1-9H3;/q-1;+1. The van der Waals surface area contributed by atoms with Gasteiger partial charge in [0.1, 0.15) is 0 Å². The Kier molecular flexibility index (Phi) is 7.34. The summed E-state index contributed by atoms with van der Waals surface area (Å²) in [5, 5.41) is 15.4. The second-order valence-corrected chi connectivity index (χ2v) is 12.4. The minimum Gasteiger partial charge on any atom is -0.396 e. The van der Waals surface area contributed by atoms with Crippen molar-refractivity contribution < 1.29 is 0 Å². The van der Waals surface area contributed by atoms with Gasteiger partial charge in [-0.25, -0.2) is 15.3 Å². The first-order valence-electron chi connectivity index (χ1n) is 12.1. The monoisotopic (exact) mass is 662 g/mol. The summed E-state index contributed by atoms with van der Waals surface area (Å²) < 4.78 is 6.19. The first-order valence-corrected chi connectivity index (χ1v) is 12.1. The molecule has 182 valence electrons. The third-order valence-corrected chi connectivity index (χ3v) is 6.48. The van der Waals surface area contributed by atoms with Gasteiger partial charge in [0.25, 0.3) is 0 Å². The van der Waals surface area contributed by atoms with Crippen molar-refractivity contribution >= 4 is 39.3 Å². The molecule has 0 saturated heterocycles. The molecule has 0 atom stereocenters. The van der Waals surface area contributed by atoms with E-state index in [2.05, 4.69) is 137 Å². The summed E-state index contributed by atoms with van der Waals surface area (Å²) in [6.07, 6.45) is 6.22. The summed E-state index contributed by atoms with van der Waals surface area (Å²) >= 11 is 0. The average Bonchev–Trinajstić information content (AvgIpc) is 3.49. The Labute approximate surface area is 230 Å². The van der Waals surface area contributed by atoms with Crippen LogP contribution in [0.15, 0.2) is 67.1 Å². The Morgan fingerprint density at radius 2 is 0.829 bits per heavy atom. The second-order valence-electron chi connectivity index (χ2n) is 12.4. The van der Waals surface area contributed by atoms with Gasteiger partial charge in [0.2, 0.25) is 0 Å². The Bertz CT molecular complexity index is 1140. The number of hydrogen-bond acceptors (Lipinski definition) is 3. The molecular formula is C27H38BN6Tl. The molecule has 1 aromatic carbocycles. The molecule has 8 heteroatoms. The Morgan fingerprint density at radius 3 is 1.09 bits per heavy atom. The summed E-state index contributed by atoms with van der Waals surface area (Å²) in [5.74, 6) is 0. The zero-order valence-electron chi connectivity index (χ0n) is 22.7. The average molecular weight is 662 g/mol. The minimum absolute atomic E-state index is 0. The zero-order valence-corrected chi connectivity index (χ0v) is 27.2. The van der Waals surface area contributed by atoms with Crippen LogP contribution >= 0.6 is 0 Å². The van der Waals surface area contributed by atoms with E-state index >= 15 is 0 Å². The van der Waals surface area contributed by atoms with Crippen LogP contribution in [-0.2, 0) is 16.2 Å². The predicted molar refractivity (Wildman–Crippen MR) is 147 cm³/mol. The molecule has 0 spiro atoms. The van der Waals surface area contributed by atoms with Crippen LogP contribution in [-0.4, -0.2) is 62.9 Å². The van der Waals surface area contributed by atoms with E-state index in [1.54, 1.807) is 0 Å². The van der Waals surface area contributed by atoms with Crippen molar-refractivity contribution in [1.82, 2.24) is 29.1 Å². The Hall–Kier alpha value is -2.16. The van der Waals surface area contributed by atoms with Gasteiger partial charge in [-0.3, -0.25) is 0 Å². The number of nitrogens with zero attached hydrogens (tertiary/aromatic N) is 6. The van der Waals surface area contributed by atoms with Crippen molar-refractivity contribution in [2.75, 3.05) is 0 Å². The maximum Gasteiger partial charge on any atom is 1.00 e. The van der Waals surface area contributed by atoms with E-state index in [4.69, 9.17) is 15.3 Å².